The number of carbonyl (C=O) groups excluding carboxylic acids is 1. The minimum atomic E-state index is 0.180. The van der Waals surface area contributed by atoms with Crippen molar-refractivity contribution < 1.29 is 4.79 Å². The van der Waals surface area contributed by atoms with Crippen molar-refractivity contribution in [2.75, 3.05) is 18.9 Å². The van der Waals surface area contributed by atoms with Gasteiger partial charge in [-0.25, -0.2) is 4.98 Å². The van der Waals surface area contributed by atoms with Gasteiger partial charge in [0.1, 0.15) is 0 Å². The Labute approximate surface area is 118 Å². The van der Waals surface area contributed by atoms with Gasteiger partial charge < -0.3 is 10.2 Å². The number of carbonyl (C=O) groups is 1. The van der Waals surface area contributed by atoms with E-state index in [1.807, 2.05) is 0 Å². The van der Waals surface area contributed by atoms with E-state index in [-0.39, 0.29) is 11.8 Å². The summed E-state index contributed by atoms with van der Waals surface area (Å²) in [5.41, 5.74) is 1.18. The van der Waals surface area contributed by atoms with Crippen LogP contribution in [0.4, 0.5) is 5.13 Å². The number of nitrogens with zero attached hydrogens (tertiary/aromatic N) is 2. The molecular weight excluding hydrogens is 258 g/mol. The van der Waals surface area contributed by atoms with Crippen molar-refractivity contribution in [3.8, 4) is 0 Å². The van der Waals surface area contributed by atoms with Crippen LogP contribution in [-0.4, -0.2) is 29.4 Å². The van der Waals surface area contributed by atoms with Gasteiger partial charge in [-0.15, -0.1) is 11.3 Å². The Morgan fingerprint density at radius 3 is 2.95 bits per heavy atom. The van der Waals surface area contributed by atoms with Crippen molar-refractivity contribution in [1.82, 2.24) is 9.88 Å². The van der Waals surface area contributed by atoms with Gasteiger partial charge in [0.25, 0.3) is 0 Å². The molecule has 2 heterocycles. The standard InChI is InChI=1S/C14H21N3OS/c1-17-8-7-11-12(9-17)19-14(15-11)16-13(18)10-5-3-2-4-6-10/h10H,2-9H2,1H3,(H,15,16,18). The predicted octanol–water partition coefficient (Wildman–Crippen LogP) is 2.65. The molecule has 0 spiro atoms. The number of rotatable bonds is 2. The van der Waals surface area contributed by atoms with Crippen molar-refractivity contribution >= 4 is 22.4 Å². The molecule has 1 aliphatic heterocycles. The van der Waals surface area contributed by atoms with Gasteiger partial charge in [0.15, 0.2) is 5.13 Å². The summed E-state index contributed by atoms with van der Waals surface area (Å²) in [4.78, 5) is 20.4. The molecular formula is C14H21N3OS. The molecule has 0 aromatic carbocycles. The lowest BCUT2D eigenvalue weighted by atomic mass is 9.89. The van der Waals surface area contributed by atoms with Crippen LogP contribution in [0.15, 0.2) is 0 Å². The molecule has 5 heteroatoms. The van der Waals surface area contributed by atoms with E-state index in [0.717, 1.165) is 37.5 Å². The minimum Gasteiger partial charge on any atom is -0.302 e. The molecule has 104 valence electrons. The summed E-state index contributed by atoms with van der Waals surface area (Å²) in [6.07, 6.45) is 6.75. The maximum atomic E-state index is 12.2. The van der Waals surface area contributed by atoms with Crippen LogP contribution in [-0.2, 0) is 17.8 Å². The number of hydrogen-bond donors (Lipinski definition) is 1. The van der Waals surface area contributed by atoms with Crippen molar-refractivity contribution in [2.24, 2.45) is 5.92 Å². The van der Waals surface area contributed by atoms with Crippen LogP contribution in [0.3, 0.4) is 0 Å². The molecule has 1 N–H and O–H groups in total. The molecule has 3 rings (SSSR count). The monoisotopic (exact) mass is 279 g/mol. The van der Waals surface area contributed by atoms with Gasteiger partial charge in [-0.3, -0.25) is 4.79 Å². The Morgan fingerprint density at radius 2 is 2.16 bits per heavy atom. The Bertz CT molecular complexity index is 465. The summed E-state index contributed by atoms with van der Waals surface area (Å²) in [6, 6.07) is 0. The summed E-state index contributed by atoms with van der Waals surface area (Å²) < 4.78 is 0. The molecule has 0 radical (unpaired) electrons. The molecule has 1 amide bonds. The van der Waals surface area contributed by atoms with Crippen LogP contribution >= 0.6 is 11.3 Å². The highest BCUT2D eigenvalue weighted by Gasteiger charge is 2.23. The fourth-order valence-corrected chi connectivity index (χ4v) is 4.04. The predicted molar refractivity (Wildman–Crippen MR) is 77.4 cm³/mol. The van der Waals surface area contributed by atoms with Crippen molar-refractivity contribution in [3.63, 3.8) is 0 Å². The molecule has 0 bridgehead atoms. The molecule has 19 heavy (non-hydrogen) atoms. The largest absolute Gasteiger partial charge is 0.302 e. The SMILES string of the molecule is CN1CCc2nc(NC(=O)C3CCCCC3)sc2C1. The molecule has 0 saturated heterocycles. The lowest BCUT2D eigenvalue weighted by Gasteiger charge is -2.20. The molecule has 0 atom stereocenters. The van der Waals surface area contributed by atoms with E-state index in [2.05, 4.69) is 22.2 Å². The molecule has 1 saturated carbocycles. The van der Waals surface area contributed by atoms with Gasteiger partial charge in [0, 0.05) is 30.3 Å². The summed E-state index contributed by atoms with van der Waals surface area (Å²) >= 11 is 1.65. The average Bonchev–Trinajstić information content (AvgIpc) is 2.81. The molecule has 0 unspecified atom stereocenters. The van der Waals surface area contributed by atoms with Gasteiger partial charge in [-0.2, -0.15) is 0 Å². The topological polar surface area (TPSA) is 45.2 Å². The lowest BCUT2D eigenvalue weighted by molar-refractivity contribution is -0.120. The number of amides is 1. The van der Waals surface area contributed by atoms with E-state index in [9.17, 15) is 4.79 Å². The highest BCUT2D eigenvalue weighted by Crippen LogP contribution is 2.29. The van der Waals surface area contributed by atoms with E-state index >= 15 is 0 Å². The van der Waals surface area contributed by atoms with Gasteiger partial charge >= 0.3 is 0 Å². The number of nitrogens with one attached hydrogen (secondary N) is 1. The van der Waals surface area contributed by atoms with Gasteiger partial charge in [0.2, 0.25) is 5.91 Å². The zero-order valence-electron chi connectivity index (χ0n) is 11.4. The summed E-state index contributed by atoms with van der Waals surface area (Å²) in [5, 5.41) is 3.84. The number of hydrogen-bond acceptors (Lipinski definition) is 4. The first-order valence-electron chi connectivity index (χ1n) is 7.20. The van der Waals surface area contributed by atoms with E-state index in [4.69, 9.17) is 0 Å². The quantitative estimate of drug-likeness (QED) is 0.905. The zero-order valence-corrected chi connectivity index (χ0v) is 12.3. The van der Waals surface area contributed by atoms with E-state index in [0.29, 0.717) is 0 Å². The van der Waals surface area contributed by atoms with E-state index < -0.39 is 0 Å². The Balaban J connectivity index is 1.65. The van der Waals surface area contributed by atoms with Gasteiger partial charge in [-0.05, 0) is 19.9 Å². The van der Waals surface area contributed by atoms with Crippen LogP contribution in [0.2, 0.25) is 0 Å². The first kappa shape index (κ1) is 13.1. The average molecular weight is 279 g/mol. The fraction of sp³-hybridized carbons (Fsp3) is 0.714. The number of aromatic nitrogens is 1. The minimum absolute atomic E-state index is 0.180. The molecule has 2 aliphatic rings. The number of thiazole rings is 1. The molecule has 1 aliphatic carbocycles. The van der Waals surface area contributed by atoms with Crippen molar-refractivity contribution in [2.45, 2.75) is 45.1 Å². The second kappa shape index (κ2) is 5.59. The summed E-state index contributed by atoms with van der Waals surface area (Å²) in [6.45, 7) is 2.03. The maximum Gasteiger partial charge on any atom is 0.229 e. The van der Waals surface area contributed by atoms with Crippen LogP contribution in [0, 0.1) is 5.92 Å². The highest BCUT2D eigenvalue weighted by atomic mass is 32.1. The number of anilines is 1. The summed E-state index contributed by atoms with van der Waals surface area (Å²) in [7, 11) is 2.13. The fourth-order valence-electron chi connectivity index (χ4n) is 2.95. The molecule has 1 aromatic heterocycles. The maximum absolute atomic E-state index is 12.2. The van der Waals surface area contributed by atoms with Gasteiger partial charge in [0.05, 0.1) is 5.69 Å². The smallest absolute Gasteiger partial charge is 0.229 e. The third-order valence-corrected chi connectivity index (χ3v) is 5.13. The highest BCUT2D eigenvalue weighted by molar-refractivity contribution is 7.15. The van der Waals surface area contributed by atoms with Gasteiger partial charge in [-0.1, -0.05) is 19.3 Å². The Hall–Kier alpha value is -0.940. The zero-order chi connectivity index (χ0) is 13.2. The molecule has 1 aromatic rings. The first-order valence-corrected chi connectivity index (χ1v) is 8.02. The van der Waals surface area contributed by atoms with Crippen LogP contribution in [0.25, 0.3) is 0 Å². The van der Waals surface area contributed by atoms with E-state index in [1.54, 1.807) is 11.3 Å². The molecule has 1 fully saturated rings. The lowest BCUT2D eigenvalue weighted by Crippen LogP contribution is -2.25. The normalized spacial score (nSPS) is 21.1. The van der Waals surface area contributed by atoms with Crippen LogP contribution in [0.5, 0.6) is 0 Å². The second-order valence-corrected chi connectivity index (χ2v) is 6.78. The Kier molecular flexibility index (Phi) is 3.84. The van der Waals surface area contributed by atoms with Crippen LogP contribution < -0.4 is 5.32 Å². The molecule has 4 nitrogen and oxygen atoms in total. The van der Waals surface area contributed by atoms with Crippen molar-refractivity contribution in [3.05, 3.63) is 10.6 Å². The van der Waals surface area contributed by atoms with Crippen molar-refractivity contribution in [1.29, 1.82) is 0 Å². The second-order valence-electron chi connectivity index (χ2n) is 5.70. The van der Waals surface area contributed by atoms with Crippen LogP contribution in [0.1, 0.15) is 42.7 Å². The Morgan fingerprint density at radius 1 is 1.37 bits per heavy atom. The number of fused-ring (bicyclic) bond motifs is 1. The van der Waals surface area contributed by atoms with E-state index in [1.165, 1.54) is 29.8 Å². The first-order chi connectivity index (χ1) is 9.22. The number of likely N-dealkylation sites (N-methyl/N-ethyl adjacent to an activating group) is 1. The summed E-state index contributed by atoms with van der Waals surface area (Å²) in [5.74, 6) is 0.386. The third kappa shape index (κ3) is 2.98. The third-order valence-electron chi connectivity index (χ3n) is 4.13.